The molecular formula is C22H18F2N4O2. The van der Waals surface area contributed by atoms with Crippen LogP contribution >= 0.6 is 0 Å². The number of aromatic nitrogens is 4. The molecule has 0 aliphatic heterocycles. The average Bonchev–Trinajstić information content (AvgIpc) is 3.32. The number of rotatable bonds is 4. The van der Waals surface area contributed by atoms with Gasteiger partial charge in [0.2, 0.25) is 0 Å². The number of pyridine rings is 1. The second-order valence-corrected chi connectivity index (χ2v) is 7.51. The molecule has 1 N–H and O–H groups in total. The predicted molar refractivity (Wildman–Crippen MR) is 105 cm³/mol. The van der Waals surface area contributed by atoms with E-state index in [9.17, 15) is 18.7 Å². The molecule has 0 saturated heterocycles. The van der Waals surface area contributed by atoms with Crippen LogP contribution in [-0.2, 0) is 24.1 Å². The van der Waals surface area contributed by atoms with E-state index in [-0.39, 0.29) is 18.3 Å². The molecule has 1 aromatic carbocycles. The third-order valence-electron chi connectivity index (χ3n) is 5.78. The van der Waals surface area contributed by atoms with E-state index in [1.807, 2.05) is 0 Å². The van der Waals surface area contributed by atoms with Crippen molar-refractivity contribution in [1.82, 2.24) is 19.4 Å². The van der Waals surface area contributed by atoms with Crippen molar-refractivity contribution in [3.05, 3.63) is 77.2 Å². The van der Waals surface area contributed by atoms with E-state index in [4.69, 9.17) is 0 Å². The third-order valence-corrected chi connectivity index (χ3v) is 5.78. The molecule has 1 aliphatic carbocycles. The van der Waals surface area contributed by atoms with Gasteiger partial charge in [-0.3, -0.25) is 9.20 Å². The fourth-order valence-electron chi connectivity index (χ4n) is 4.50. The molecule has 0 amide bonds. The van der Waals surface area contributed by atoms with Crippen LogP contribution in [0.1, 0.15) is 29.3 Å². The number of hydrogen-bond donors (Lipinski definition) is 1. The molecule has 8 heteroatoms. The Balaban J connectivity index is 1.58. The van der Waals surface area contributed by atoms with Crippen molar-refractivity contribution in [3.63, 3.8) is 0 Å². The lowest BCUT2D eigenvalue weighted by Gasteiger charge is -2.25. The van der Waals surface area contributed by atoms with Gasteiger partial charge in [0.05, 0.1) is 29.9 Å². The Morgan fingerprint density at radius 3 is 2.73 bits per heavy atom. The Labute approximate surface area is 170 Å². The Bertz CT molecular complexity index is 1260. The zero-order valence-electron chi connectivity index (χ0n) is 15.9. The summed E-state index contributed by atoms with van der Waals surface area (Å²) in [5.74, 6) is -1.67. The van der Waals surface area contributed by atoms with Gasteiger partial charge < -0.3 is 5.11 Å². The van der Waals surface area contributed by atoms with Gasteiger partial charge in [-0.2, -0.15) is 4.39 Å². The van der Waals surface area contributed by atoms with Crippen LogP contribution in [0.2, 0.25) is 0 Å². The highest BCUT2D eigenvalue weighted by molar-refractivity contribution is 5.77. The maximum absolute atomic E-state index is 14.7. The summed E-state index contributed by atoms with van der Waals surface area (Å²) >= 11 is 0. The smallest absolute Gasteiger partial charge is 0.307 e. The molecule has 5 rings (SSSR count). The summed E-state index contributed by atoms with van der Waals surface area (Å²) in [6, 6.07) is 10.8. The van der Waals surface area contributed by atoms with Gasteiger partial charge >= 0.3 is 5.97 Å². The van der Waals surface area contributed by atoms with Gasteiger partial charge in [0, 0.05) is 17.7 Å². The topological polar surface area (TPSA) is 72.4 Å². The summed E-state index contributed by atoms with van der Waals surface area (Å²) in [5.41, 5.74) is 4.51. The second kappa shape index (κ2) is 7.05. The summed E-state index contributed by atoms with van der Waals surface area (Å²) in [7, 11) is 0. The van der Waals surface area contributed by atoms with Crippen LogP contribution in [-0.4, -0.2) is 30.5 Å². The third kappa shape index (κ3) is 2.96. The van der Waals surface area contributed by atoms with Crippen LogP contribution in [0.4, 0.5) is 8.78 Å². The zero-order valence-corrected chi connectivity index (χ0v) is 15.9. The van der Waals surface area contributed by atoms with Crippen LogP contribution in [0.3, 0.4) is 0 Å². The summed E-state index contributed by atoms with van der Waals surface area (Å²) in [5, 5.41) is 17.6. The SMILES string of the molecule is O=C(O)Cc1c2c(n3c(F)cccc13)C[C@H](n1nncc1-c1ccc(F)cc1)CC2. The molecule has 0 radical (unpaired) electrons. The summed E-state index contributed by atoms with van der Waals surface area (Å²) in [4.78, 5) is 11.4. The van der Waals surface area contributed by atoms with Gasteiger partial charge in [-0.15, -0.1) is 5.10 Å². The molecule has 152 valence electrons. The molecule has 1 atom stereocenters. The highest BCUT2D eigenvalue weighted by atomic mass is 19.1. The molecule has 0 spiro atoms. The van der Waals surface area contributed by atoms with Crippen molar-refractivity contribution in [3.8, 4) is 11.3 Å². The zero-order chi connectivity index (χ0) is 20.8. The number of benzene rings is 1. The maximum Gasteiger partial charge on any atom is 0.307 e. The van der Waals surface area contributed by atoms with Crippen molar-refractivity contribution in [1.29, 1.82) is 0 Å². The molecule has 0 saturated carbocycles. The number of aliphatic carboxylic acids is 1. The largest absolute Gasteiger partial charge is 0.481 e. The molecule has 3 aromatic heterocycles. The van der Waals surface area contributed by atoms with Gasteiger partial charge in [0.25, 0.3) is 0 Å². The van der Waals surface area contributed by atoms with E-state index in [1.54, 1.807) is 35.1 Å². The molecule has 6 nitrogen and oxygen atoms in total. The van der Waals surface area contributed by atoms with Crippen molar-refractivity contribution in [2.75, 3.05) is 0 Å². The quantitative estimate of drug-likeness (QED) is 0.521. The highest BCUT2D eigenvalue weighted by Crippen LogP contribution is 2.37. The number of carbonyl (C=O) groups is 1. The molecule has 0 fully saturated rings. The minimum atomic E-state index is -0.938. The van der Waals surface area contributed by atoms with E-state index in [2.05, 4.69) is 10.3 Å². The molecule has 1 aliphatic rings. The summed E-state index contributed by atoms with van der Waals surface area (Å²) in [6.07, 6.45) is 3.32. The fourth-order valence-corrected chi connectivity index (χ4v) is 4.50. The predicted octanol–water partition coefficient (Wildman–Crippen LogP) is 3.83. The molecule has 3 heterocycles. The van der Waals surface area contributed by atoms with E-state index >= 15 is 0 Å². The first-order valence-electron chi connectivity index (χ1n) is 9.70. The number of fused-ring (bicyclic) bond motifs is 3. The minimum absolute atomic E-state index is 0.0737. The summed E-state index contributed by atoms with van der Waals surface area (Å²) in [6.45, 7) is 0. The number of nitrogens with zero attached hydrogens (tertiary/aromatic N) is 4. The normalized spacial score (nSPS) is 16.0. The van der Waals surface area contributed by atoms with E-state index in [1.165, 1.54) is 22.6 Å². The Kier molecular flexibility index (Phi) is 4.34. The first kappa shape index (κ1) is 18.5. The Morgan fingerprint density at radius 2 is 1.97 bits per heavy atom. The lowest BCUT2D eigenvalue weighted by Crippen LogP contribution is -2.22. The lowest BCUT2D eigenvalue weighted by molar-refractivity contribution is -0.136. The highest BCUT2D eigenvalue weighted by Gasteiger charge is 2.30. The molecule has 30 heavy (non-hydrogen) atoms. The van der Waals surface area contributed by atoms with Crippen molar-refractivity contribution < 1.29 is 18.7 Å². The molecule has 4 aromatic rings. The van der Waals surface area contributed by atoms with Gasteiger partial charge in [0.1, 0.15) is 5.82 Å². The minimum Gasteiger partial charge on any atom is -0.481 e. The van der Waals surface area contributed by atoms with Crippen molar-refractivity contribution in [2.45, 2.75) is 31.7 Å². The van der Waals surface area contributed by atoms with Crippen LogP contribution in [0.25, 0.3) is 16.8 Å². The van der Waals surface area contributed by atoms with Crippen LogP contribution in [0.5, 0.6) is 0 Å². The van der Waals surface area contributed by atoms with E-state index in [0.29, 0.717) is 23.9 Å². The lowest BCUT2D eigenvalue weighted by atomic mass is 9.90. The van der Waals surface area contributed by atoms with Crippen LogP contribution < -0.4 is 0 Å². The summed E-state index contributed by atoms with van der Waals surface area (Å²) < 4.78 is 31.4. The maximum atomic E-state index is 14.7. The number of hydrogen-bond acceptors (Lipinski definition) is 3. The Hall–Kier alpha value is -3.55. The standard InChI is InChI=1S/C22H18F2N4O2/c23-14-6-4-13(5-7-14)20-12-25-26-28(20)15-8-9-16-17(11-22(29)30)18-2-1-3-21(24)27(18)19(16)10-15/h1-7,12,15H,8-11H2,(H,29,30)/t15-/m1/s1. The average molecular weight is 408 g/mol. The first-order chi connectivity index (χ1) is 14.5. The Morgan fingerprint density at radius 1 is 1.17 bits per heavy atom. The number of halogens is 2. The van der Waals surface area contributed by atoms with E-state index in [0.717, 1.165) is 28.9 Å². The first-order valence-corrected chi connectivity index (χ1v) is 9.70. The van der Waals surface area contributed by atoms with Crippen LogP contribution in [0, 0.1) is 11.8 Å². The molecule has 0 unspecified atom stereocenters. The fraction of sp³-hybridized carbons (Fsp3) is 0.227. The van der Waals surface area contributed by atoms with E-state index < -0.39 is 11.9 Å². The molecule has 0 bridgehead atoms. The second-order valence-electron chi connectivity index (χ2n) is 7.51. The van der Waals surface area contributed by atoms with Crippen LogP contribution in [0.15, 0.2) is 48.7 Å². The van der Waals surface area contributed by atoms with Gasteiger partial charge in [-0.1, -0.05) is 11.3 Å². The van der Waals surface area contributed by atoms with Gasteiger partial charge in [0.15, 0.2) is 5.95 Å². The number of carboxylic acid groups (broad SMARTS) is 1. The van der Waals surface area contributed by atoms with Crippen molar-refractivity contribution >= 4 is 11.5 Å². The molecular weight excluding hydrogens is 390 g/mol. The monoisotopic (exact) mass is 408 g/mol. The van der Waals surface area contributed by atoms with Crippen molar-refractivity contribution in [2.24, 2.45) is 0 Å². The van der Waals surface area contributed by atoms with Gasteiger partial charge in [-0.25, -0.2) is 9.07 Å². The number of carboxylic acids is 1. The van der Waals surface area contributed by atoms with Gasteiger partial charge in [-0.05, 0) is 60.4 Å².